The molecule has 3 amide bonds. The smallest absolute Gasteiger partial charge is 0.326 e. The average molecular weight is 455 g/mol. The maximum absolute atomic E-state index is 12.1. The van der Waals surface area contributed by atoms with Gasteiger partial charge in [-0.1, -0.05) is 11.6 Å². The predicted molar refractivity (Wildman–Crippen MR) is 107 cm³/mol. The quantitative estimate of drug-likeness (QED) is 0.309. The van der Waals surface area contributed by atoms with Gasteiger partial charge >= 0.3 is 5.97 Å². The highest BCUT2D eigenvalue weighted by Gasteiger charge is 2.22. The maximum atomic E-state index is 12.1. The fourth-order valence-electron chi connectivity index (χ4n) is 2.15. The third kappa shape index (κ3) is 5.75. The summed E-state index contributed by atoms with van der Waals surface area (Å²) in [7, 11) is 0. The number of anilines is 1. The number of primary amides is 1. The molecule has 158 valence electrons. The molecule has 0 fully saturated rings. The van der Waals surface area contributed by atoms with E-state index in [9.17, 15) is 29.3 Å². The highest BCUT2D eigenvalue weighted by Crippen LogP contribution is 2.25. The second-order valence-electron chi connectivity index (χ2n) is 5.75. The van der Waals surface area contributed by atoms with Crippen molar-refractivity contribution in [2.45, 2.75) is 13.0 Å². The number of halogens is 1. The van der Waals surface area contributed by atoms with Crippen molar-refractivity contribution >= 4 is 57.3 Å². The average Bonchev–Trinajstić information content (AvgIpc) is 3.14. The van der Waals surface area contributed by atoms with Gasteiger partial charge in [-0.15, -0.1) is 11.3 Å². The summed E-state index contributed by atoms with van der Waals surface area (Å²) in [4.78, 5) is 57.4. The van der Waals surface area contributed by atoms with E-state index in [0.717, 1.165) is 17.4 Å². The second-order valence-corrected chi connectivity index (χ2v) is 7.08. The zero-order valence-electron chi connectivity index (χ0n) is 15.3. The summed E-state index contributed by atoms with van der Waals surface area (Å²) < 4.78 is 4.92. The van der Waals surface area contributed by atoms with E-state index in [1.165, 1.54) is 25.1 Å². The molecule has 1 unspecified atom stereocenters. The molecule has 2 aromatic rings. The molecule has 0 bridgehead atoms. The van der Waals surface area contributed by atoms with E-state index < -0.39 is 47.0 Å². The Labute approximate surface area is 178 Å². The number of hydrogen-bond donors (Lipinski definition) is 3. The van der Waals surface area contributed by atoms with Crippen LogP contribution in [0.25, 0.3) is 0 Å². The van der Waals surface area contributed by atoms with Gasteiger partial charge in [0.2, 0.25) is 0 Å². The Kier molecular flexibility index (Phi) is 7.44. The van der Waals surface area contributed by atoms with Gasteiger partial charge in [-0.25, -0.2) is 0 Å². The van der Waals surface area contributed by atoms with Crippen molar-refractivity contribution in [3.05, 3.63) is 55.9 Å². The van der Waals surface area contributed by atoms with Crippen molar-refractivity contribution in [2.24, 2.45) is 5.73 Å². The van der Waals surface area contributed by atoms with Crippen molar-refractivity contribution in [1.82, 2.24) is 5.32 Å². The number of benzene rings is 1. The molecule has 0 radical (unpaired) electrons. The van der Waals surface area contributed by atoms with E-state index in [2.05, 4.69) is 10.6 Å². The summed E-state index contributed by atoms with van der Waals surface area (Å²) in [5.74, 6) is -3.11. The summed E-state index contributed by atoms with van der Waals surface area (Å²) in [6.45, 7) is 0.716. The third-order valence-electron chi connectivity index (χ3n) is 3.64. The predicted octanol–water partition coefficient (Wildman–Crippen LogP) is 1.71. The van der Waals surface area contributed by atoms with Crippen molar-refractivity contribution in [3.8, 4) is 0 Å². The summed E-state index contributed by atoms with van der Waals surface area (Å²) in [5, 5.41) is 17.2. The minimum absolute atomic E-state index is 0.0821. The number of nitrogens with zero attached hydrogens (tertiary/aromatic N) is 1. The lowest BCUT2D eigenvalue weighted by Crippen LogP contribution is -2.36. The molecular formula is C17H15ClN4O7S. The molecule has 13 heteroatoms. The first-order chi connectivity index (χ1) is 14.1. The fourth-order valence-corrected chi connectivity index (χ4v) is 3.14. The van der Waals surface area contributed by atoms with Gasteiger partial charge < -0.3 is 21.1 Å². The molecule has 0 aliphatic rings. The number of nitro benzene ring substituents is 1. The third-order valence-corrected chi connectivity index (χ3v) is 4.79. The summed E-state index contributed by atoms with van der Waals surface area (Å²) in [6, 6.07) is 4.85. The van der Waals surface area contributed by atoms with Crippen molar-refractivity contribution in [3.63, 3.8) is 0 Å². The number of nitro groups is 1. The Morgan fingerprint density at radius 1 is 1.30 bits per heavy atom. The molecule has 1 aromatic heterocycles. The lowest BCUT2D eigenvalue weighted by Gasteiger charge is -2.13. The molecule has 0 aliphatic heterocycles. The SMILES string of the molecule is CC(OC(=O)CNC(=O)c1ccc(Cl)c([N+](=O)[O-])c1)C(=O)Nc1sccc1C(N)=O. The van der Waals surface area contributed by atoms with Gasteiger partial charge in [-0.2, -0.15) is 0 Å². The highest BCUT2D eigenvalue weighted by atomic mass is 35.5. The Hall–Kier alpha value is -3.51. The van der Waals surface area contributed by atoms with Crippen LogP contribution in [0.4, 0.5) is 10.7 Å². The van der Waals surface area contributed by atoms with Crippen LogP contribution in [0.2, 0.25) is 5.02 Å². The Morgan fingerprint density at radius 3 is 2.63 bits per heavy atom. The Balaban J connectivity index is 1.89. The minimum atomic E-state index is -1.23. The fraction of sp³-hybridized carbons (Fsp3) is 0.176. The van der Waals surface area contributed by atoms with Crippen LogP contribution in [0.15, 0.2) is 29.6 Å². The number of nitrogens with one attached hydrogen (secondary N) is 2. The van der Waals surface area contributed by atoms with Crippen LogP contribution in [0, 0.1) is 10.1 Å². The minimum Gasteiger partial charge on any atom is -0.451 e. The zero-order chi connectivity index (χ0) is 22.4. The number of ether oxygens (including phenoxy) is 1. The Morgan fingerprint density at radius 2 is 2.00 bits per heavy atom. The second kappa shape index (κ2) is 9.80. The van der Waals surface area contributed by atoms with Crippen LogP contribution in [0.5, 0.6) is 0 Å². The molecular weight excluding hydrogens is 440 g/mol. The van der Waals surface area contributed by atoms with Crippen LogP contribution in [0.3, 0.4) is 0 Å². The number of carbonyl (C=O) groups excluding carboxylic acids is 4. The van der Waals surface area contributed by atoms with E-state index >= 15 is 0 Å². The van der Waals surface area contributed by atoms with Crippen LogP contribution in [-0.2, 0) is 14.3 Å². The molecule has 0 spiro atoms. The van der Waals surface area contributed by atoms with Crippen molar-refractivity contribution in [2.75, 3.05) is 11.9 Å². The van der Waals surface area contributed by atoms with E-state index in [-0.39, 0.29) is 21.2 Å². The molecule has 0 saturated carbocycles. The van der Waals surface area contributed by atoms with Gasteiger partial charge in [0.05, 0.1) is 10.5 Å². The van der Waals surface area contributed by atoms with Crippen LogP contribution >= 0.6 is 22.9 Å². The van der Waals surface area contributed by atoms with Gasteiger partial charge in [-0.3, -0.25) is 29.3 Å². The van der Waals surface area contributed by atoms with Crippen LogP contribution in [0.1, 0.15) is 27.6 Å². The summed E-state index contributed by atoms with van der Waals surface area (Å²) >= 11 is 6.75. The number of carbonyl (C=O) groups is 4. The number of nitrogens with two attached hydrogens (primary N) is 1. The lowest BCUT2D eigenvalue weighted by atomic mass is 10.2. The number of hydrogen-bond acceptors (Lipinski definition) is 8. The maximum Gasteiger partial charge on any atom is 0.326 e. The first-order valence-corrected chi connectivity index (χ1v) is 9.45. The first-order valence-electron chi connectivity index (χ1n) is 8.20. The normalized spacial score (nSPS) is 11.3. The van der Waals surface area contributed by atoms with Gasteiger partial charge in [0.25, 0.3) is 23.4 Å². The topological polar surface area (TPSA) is 171 Å². The van der Waals surface area contributed by atoms with E-state index in [0.29, 0.717) is 0 Å². The molecule has 30 heavy (non-hydrogen) atoms. The number of rotatable bonds is 8. The standard InChI is InChI=1S/C17H15ClN4O7S/c1-8(15(25)21-17-10(14(19)24)4-5-30-17)29-13(23)7-20-16(26)9-2-3-11(18)12(6-9)22(27)28/h2-6,8H,7H2,1H3,(H2,19,24)(H,20,26)(H,21,25). The van der Waals surface area contributed by atoms with E-state index in [1.807, 2.05) is 0 Å². The van der Waals surface area contributed by atoms with E-state index in [4.69, 9.17) is 22.1 Å². The highest BCUT2D eigenvalue weighted by molar-refractivity contribution is 7.14. The first kappa shape index (κ1) is 22.8. The molecule has 4 N–H and O–H groups in total. The Bertz CT molecular complexity index is 1020. The van der Waals surface area contributed by atoms with E-state index in [1.54, 1.807) is 5.38 Å². The van der Waals surface area contributed by atoms with Gasteiger partial charge in [0.1, 0.15) is 16.6 Å². The van der Waals surface area contributed by atoms with Crippen LogP contribution in [-0.4, -0.2) is 41.3 Å². The summed E-state index contributed by atoms with van der Waals surface area (Å²) in [5.41, 5.74) is 4.77. The molecule has 1 aromatic carbocycles. The summed E-state index contributed by atoms with van der Waals surface area (Å²) in [6.07, 6.45) is -1.23. The molecule has 0 saturated heterocycles. The van der Waals surface area contributed by atoms with Crippen LogP contribution < -0.4 is 16.4 Å². The monoisotopic (exact) mass is 454 g/mol. The van der Waals surface area contributed by atoms with Gasteiger partial charge in [-0.05, 0) is 30.5 Å². The number of thiophene rings is 1. The van der Waals surface area contributed by atoms with Crippen molar-refractivity contribution in [1.29, 1.82) is 0 Å². The van der Waals surface area contributed by atoms with Crippen molar-refractivity contribution < 1.29 is 28.8 Å². The largest absolute Gasteiger partial charge is 0.451 e. The molecule has 2 rings (SSSR count). The molecule has 1 atom stereocenters. The zero-order valence-corrected chi connectivity index (χ0v) is 16.9. The molecule has 11 nitrogen and oxygen atoms in total. The number of amides is 3. The number of esters is 1. The van der Waals surface area contributed by atoms with Gasteiger partial charge in [0.15, 0.2) is 6.10 Å². The molecule has 1 heterocycles. The molecule has 0 aliphatic carbocycles. The van der Waals surface area contributed by atoms with Gasteiger partial charge in [0, 0.05) is 11.6 Å². The lowest BCUT2D eigenvalue weighted by molar-refractivity contribution is -0.384.